The summed E-state index contributed by atoms with van der Waals surface area (Å²) in [6.45, 7) is 3.61. The van der Waals surface area contributed by atoms with E-state index in [1.807, 2.05) is 31.2 Å². The molecule has 0 spiro atoms. The summed E-state index contributed by atoms with van der Waals surface area (Å²) in [4.78, 5) is 0. The summed E-state index contributed by atoms with van der Waals surface area (Å²) < 4.78 is 28.9. The summed E-state index contributed by atoms with van der Waals surface area (Å²) in [6, 6.07) is 7.60. The molecule has 0 aliphatic heterocycles. The van der Waals surface area contributed by atoms with Gasteiger partial charge in [0.15, 0.2) is 0 Å². The van der Waals surface area contributed by atoms with Crippen LogP contribution < -0.4 is 5.32 Å². The van der Waals surface area contributed by atoms with Crippen LogP contribution in [0.1, 0.15) is 36.6 Å². The van der Waals surface area contributed by atoms with Gasteiger partial charge in [-0.25, -0.2) is 8.78 Å². The van der Waals surface area contributed by atoms with Crippen molar-refractivity contribution in [2.24, 2.45) is 0 Å². The summed E-state index contributed by atoms with van der Waals surface area (Å²) >= 11 is 3.38. The van der Waals surface area contributed by atoms with Crippen LogP contribution in [0.15, 0.2) is 34.9 Å². The number of hydrogen-bond acceptors (Lipinski definition) is 2. The third-order valence-corrected chi connectivity index (χ3v) is 3.62. The fraction of sp³-hybridized carbons (Fsp3) is 0.400. The van der Waals surface area contributed by atoms with E-state index in [4.69, 9.17) is 0 Å². The highest BCUT2D eigenvalue weighted by atomic mass is 79.9. The van der Waals surface area contributed by atoms with E-state index in [1.165, 1.54) is 10.9 Å². The summed E-state index contributed by atoms with van der Waals surface area (Å²) in [5.74, 6) is 0. The largest absolute Gasteiger partial charge is 0.313 e. The lowest BCUT2D eigenvalue weighted by Crippen LogP contribution is -2.16. The maximum atomic E-state index is 13.3. The molecule has 0 aliphatic rings. The first kappa shape index (κ1) is 16.1. The Balaban J connectivity index is 2.19. The second-order valence-electron chi connectivity index (χ2n) is 4.82. The van der Waals surface area contributed by atoms with Crippen LogP contribution in [-0.4, -0.2) is 16.3 Å². The van der Waals surface area contributed by atoms with Gasteiger partial charge in [-0.2, -0.15) is 5.10 Å². The number of hydrogen-bond donors (Lipinski definition) is 1. The molecule has 0 unspecified atom stereocenters. The molecular formula is C15H18BrF2N3. The highest BCUT2D eigenvalue weighted by Crippen LogP contribution is 2.24. The third-order valence-electron chi connectivity index (χ3n) is 3.13. The van der Waals surface area contributed by atoms with E-state index in [-0.39, 0.29) is 5.69 Å². The number of aromatic nitrogens is 2. The fourth-order valence-corrected chi connectivity index (χ4v) is 2.60. The Morgan fingerprint density at radius 1 is 1.38 bits per heavy atom. The first-order chi connectivity index (χ1) is 10.1. The highest BCUT2D eigenvalue weighted by molar-refractivity contribution is 9.10. The van der Waals surface area contributed by atoms with Gasteiger partial charge < -0.3 is 5.32 Å². The Morgan fingerprint density at radius 3 is 2.86 bits per heavy atom. The van der Waals surface area contributed by atoms with Crippen molar-refractivity contribution in [2.45, 2.75) is 32.9 Å². The number of nitrogens with zero attached hydrogens (tertiary/aromatic N) is 2. The van der Waals surface area contributed by atoms with E-state index in [0.29, 0.717) is 18.7 Å². The standard InChI is InChI=1S/C15H18BrF2N3/c1-2-6-19-8-12-9-20-21(14(12)15(17)18)10-11-4-3-5-13(16)7-11/h3-5,7,9,15,19H,2,6,8,10H2,1H3. The van der Waals surface area contributed by atoms with Crippen molar-refractivity contribution < 1.29 is 8.78 Å². The van der Waals surface area contributed by atoms with E-state index in [2.05, 4.69) is 26.3 Å². The zero-order valence-corrected chi connectivity index (χ0v) is 13.4. The Bertz CT molecular complexity index is 584. The molecule has 1 heterocycles. The minimum absolute atomic E-state index is 0.00132. The van der Waals surface area contributed by atoms with Gasteiger partial charge in [-0.15, -0.1) is 0 Å². The lowest BCUT2D eigenvalue weighted by Gasteiger charge is -2.10. The van der Waals surface area contributed by atoms with Crippen molar-refractivity contribution in [1.82, 2.24) is 15.1 Å². The van der Waals surface area contributed by atoms with Gasteiger partial charge in [0.25, 0.3) is 6.43 Å². The van der Waals surface area contributed by atoms with Crippen LogP contribution in [0.3, 0.4) is 0 Å². The molecular weight excluding hydrogens is 340 g/mol. The minimum atomic E-state index is -2.53. The monoisotopic (exact) mass is 357 g/mol. The first-order valence-corrected chi connectivity index (χ1v) is 7.69. The van der Waals surface area contributed by atoms with E-state index < -0.39 is 6.43 Å². The van der Waals surface area contributed by atoms with Crippen LogP contribution in [-0.2, 0) is 13.1 Å². The van der Waals surface area contributed by atoms with Gasteiger partial charge in [0.1, 0.15) is 5.69 Å². The molecule has 0 amide bonds. The van der Waals surface area contributed by atoms with Crippen LogP contribution >= 0.6 is 15.9 Å². The molecule has 0 saturated carbocycles. The number of halogens is 3. The molecule has 0 aliphatic carbocycles. The Kier molecular flexibility index (Phi) is 5.87. The van der Waals surface area contributed by atoms with Crippen LogP contribution in [0.2, 0.25) is 0 Å². The van der Waals surface area contributed by atoms with E-state index in [9.17, 15) is 8.78 Å². The maximum absolute atomic E-state index is 13.3. The number of rotatable bonds is 7. The first-order valence-electron chi connectivity index (χ1n) is 6.89. The second-order valence-corrected chi connectivity index (χ2v) is 5.74. The van der Waals surface area contributed by atoms with Gasteiger partial charge in [0, 0.05) is 16.6 Å². The average molecular weight is 358 g/mol. The van der Waals surface area contributed by atoms with E-state index >= 15 is 0 Å². The van der Waals surface area contributed by atoms with Gasteiger partial charge in [-0.3, -0.25) is 4.68 Å². The Labute approximate surface area is 131 Å². The van der Waals surface area contributed by atoms with E-state index in [0.717, 1.165) is 23.0 Å². The molecule has 3 nitrogen and oxygen atoms in total. The van der Waals surface area contributed by atoms with Gasteiger partial charge >= 0.3 is 0 Å². The predicted octanol–water partition coefficient (Wildman–Crippen LogP) is 4.13. The average Bonchev–Trinajstić information content (AvgIpc) is 2.82. The summed E-state index contributed by atoms with van der Waals surface area (Å²) in [6.07, 6.45) is -0.0312. The smallest absolute Gasteiger partial charge is 0.280 e. The van der Waals surface area contributed by atoms with Crippen LogP contribution in [0.4, 0.5) is 8.78 Å². The van der Waals surface area contributed by atoms with Crippen LogP contribution in [0, 0.1) is 0 Å². The zero-order chi connectivity index (χ0) is 15.2. The highest BCUT2D eigenvalue weighted by Gasteiger charge is 2.19. The lowest BCUT2D eigenvalue weighted by atomic mass is 10.2. The maximum Gasteiger partial charge on any atom is 0.280 e. The lowest BCUT2D eigenvalue weighted by molar-refractivity contribution is 0.138. The molecule has 21 heavy (non-hydrogen) atoms. The van der Waals surface area contributed by atoms with Crippen molar-refractivity contribution in [3.05, 3.63) is 51.8 Å². The molecule has 1 aromatic heterocycles. The second kappa shape index (κ2) is 7.66. The van der Waals surface area contributed by atoms with Crippen molar-refractivity contribution in [2.75, 3.05) is 6.54 Å². The summed E-state index contributed by atoms with van der Waals surface area (Å²) in [7, 11) is 0. The van der Waals surface area contributed by atoms with Gasteiger partial charge in [-0.05, 0) is 30.7 Å². The molecule has 0 bridgehead atoms. The molecule has 0 radical (unpaired) electrons. The molecule has 6 heteroatoms. The molecule has 114 valence electrons. The van der Waals surface area contributed by atoms with Crippen molar-refractivity contribution >= 4 is 15.9 Å². The van der Waals surface area contributed by atoms with Crippen molar-refractivity contribution in [3.63, 3.8) is 0 Å². The summed E-state index contributed by atoms with van der Waals surface area (Å²) in [5, 5.41) is 7.26. The summed E-state index contributed by atoms with van der Waals surface area (Å²) in [5.41, 5.74) is 1.49. The van der Waals surface area contributed by atoms with Gasteiger partial charge in [0.2, 0.25) is 0 Å². The zero-order valence-electron chi connectivity index (χ0n) is 11.8. The normalized spacial score (nSPS) is 11.3. The van der Waals surface area contributed by atoms with Crippen molar-refractivity contribution in [1.29, 1.82) is 0 Å². The number of benzene rings is 1. The topological polar surface area (TPSA) is 29.9 Å². The van der Waals surface area contributed by atoms with Crippen LogP contribution in [0.25, 0.3) is 0 Å². The van der Waals surface area contributed by atoms with E-state index in [1.54, 1.807) is 0 Å². The molecule has 0 saturated heterocycles. The number of alkyl halides is 2. The van der Waals surface area contributed by atoms with Crippen molar-refractivity contribution in [3.8, 4) is 0 Å². The van der Waals surface area contributed by atoms with Gasteiger partial charge in [0.05, 0.1) is 12.7 Å². The minimum Gasteiger partial charge on any atom is -0.313 e. The molecule has 0 fully saturated rings. The Morgan fingerprint density at radius 2 is 2.19 bits per heavy atom. The molecule has 0 atom stereocenters. The quantitative estimate of drug-likeness (QED) is 0.755. The fourth-order valence-electron chi connectivity index (χ4n) is 2.16. The van der Waals surface area contributed by atoms with Gasteiger partial charge in [-0.1, -0.05) is 35.0 Å². The molecule has 1 aromatic carbocycles. The third kappa shape index (κ3) is 4.35. The van der Waals surface area contributed by atoms with Crippen LogP contribution in [0.5, 0.6) is 0 Å². The predicted molar refractivity (Wildman–Crippen MR) is 82.4 cm³/mol. The molecule has 1 N–H and O–H groups in total. The Hall–Kier alpha value is -1.27. The SMILES string of the molecule is CCCNCc1cnn(Cc2cccc(Br)c2)c1C(F)F. The molecule has 2 aromatic rings. The molecule has 2 rings (SSSR count). The number of nitrogens with one attached hydrogen (secondary N) is 1.